The van der Waals surface area contributed by atoms with Gasteiger partial charge in [0.2, 0.25) is 5.91 Å². The zero-order valence-electron chi connectivity index (χ0n) is 21.4. The molecule has 0 saturated heterocycles. The predicted octanol–water partition coefficient (Wildman–Crippen LogP) is 2.37. The minimum Gasteiger partial charge on any atom is -0.393 e. The summed E-state index contributed by atoms with van der Waals surface area (Å²) in [5.41, 5.74) is -0.254. The van der Waals surface area contributed by atoms with Gasteiger partial charge in [-0.15, -0.1) is 0 Å². The molecular weight excluding hydrogens is 471 g/mol. The summed E-state index contributed by atoms with van der Waals surface area (Å²) in [6, 6.07) is 0. The highest BCUT2D eigenvalue weighted by Crippen LogP contribution is 2.68. The van der Waals surface area contributed by atoms with E-state index in [1.54, 1.807) is 0 Å². The van der Waals surface area contributed by atoms with Crippen LogP contribution in [0.25, 0.3) is 0 Å². The number of hydrogen-bond donors (Lipinski definition) is 5. The first-order valence-electron chi connectivity index (χ1n) is 13.5. The zero-order chi connectivity index (χ0) is 25.8. The highest BCUT2D eigenvalue weighted by Gasteiger charge is 2.65. The molecule has 202 valence electrons. The Labute approximate surface area is 210 Å². The number of carbonyl (C=O) groups is 1. The number of fused-ring (bicyclic) bond motifs is 5. The first-order valence-corrected chi connectivity index (χ1v) is 15.1. The molecule has 9 heteroatoms. The van der Waals surface area contributed by atoms with Gasteiger partial charge in [0, 0.05) is 13.0 Å². The van der Waals surface area contributed by atoms with E-state index in [1.165, 1.54) is 0 Å². The third kappa shape index (κ3) is 5.05. The fourth-order valence-corrected chi connectivity index (χ4v) is 9.46. The van der Waals surface area contributed by atoms with Gasteiger partial charge in [-0.1, -0.05) is 20.8 Å². The molecule has 0 aliphatic heterocycles. The molecule has 8 nitrogen and oxygen atoms in total. The SMILES string of the molecule is C[C@H](CCC(=O)[15NH]CCS(=O)(=O)O)[C@H]1CC[C@H]2[C@@H]3[C@H](O)C[C@@H]4C[C@H](O)CC[C@]4(C)[C@H]3C[C@H](O)[C@]12C. The van der Waals surface area contributed by atoms with Crippen LogP contribution in [0.2, 0.25) is 0 Å². The van der Waals surface area contributed by atoms with Gasteiger partial charge < -0.3 is 20.6 Å². The van der Waals surface area contributed by atoms with Gasteiger partial charge in [0.15, 0.2) is 0 Å². The maximum atomic E-state index is 12.2. The number of carbonyl (C=O) groups excluding carboxylic acids is 1. The van der Waals surface area contributed by atoms with Crippen molar-refractivity contribution in [3.05, 3.63) is 0 Å². The van der Waals surface area contributed by atoms with E-state index in [4.69, 9.17) is 4.55 Å². The van der Waals surface area contributed by atoms with Gasteiger partial charge in [0.25, 0.3) is 10.1 Å². The van der Waals surface area contributed by atoms with E-state index in [-0.39, 0.29) is 65.4 Å². The van der Waals surface area contributed by atoms with Crippen molar-refractivity contribution in [2.45, 2.75) is 96.9 Å². The van der Waals surface area contributed by atoms with Gasteiger partial charge in [-0.3, -0.25) is 9.35 Å². The Morgan fingerprint density at radius 1 is 1.06 bits per heavy atom. The van der Waals surface area contributed by atoms with E-state index in [1.807, 2.05) is 0 Å². The van der Waals surface area contributed by atoms with E-state index in [0.717, 1.165) is 38.5 Å². The third-order valence-corrected chi connectivity index (χ3v) is 11.7. The molecule has 5 N–H and O–H groups in total. The molecule has 4 aliphatic rings. The fourth-order valence-electron chi connectivity index (χ4n) is 9.10. The number of amides is 1. The summed E-state index contributed by atoms with van der Waals surface area (Å²) < 4.78 is 30.5. The Morgan fingerprint density at radius 3 is 2.46 bits per heavy atom. The predicted molar refractivity (Wildman–Crippen MR) is 132 cm³/mol. The Balaban J connectivity index is 1.43. The van der Waals surface area contributed by atoms with Crippen LogP contribution in [-0.4, -0.2) is 64.8 Å². The number of aliphatic hydroxyl groups excluding tert-OH is 3. The molecule has 4 aliphatic carbocycles. The third-order valence-electron chi connectivity index (χ3n) is 11.0. The Morgan fingerprint density at radius 2 is 1.77 bits per heavy atom. The molecule has 0 bridgehead atoms. The van der Waals surface area contributed by atoms with E-state index >= 15 is 0 Å². The minimum absolute atomic E-state index is 0.0509. The lowest BCUT2D eigenvalue weighted by Gasteiger charge is -2.63. The number of nitrogens with one attached hydrogen (secondary N) is 1. The molecule has 0 unspecified atom stereocenters. The average Bonchev–Trinajstić information content (AvgIpc) is 3.12. The molecule has 0 aromatic carbocycles. The Bertz CT molecular complexity index is 896. The lowest BCUT2D eigenvalue weighted by atomic mass is 9.43. The quantitative estimate of drug-likeness (QED) is 0.258. The van der Waals surface area contributed by atoms with Crippen LogP contribution in [0.1, 0.15) is 78.6 Å². The summed E-state index contributed by atoms with van der Waals surface area (Å²) in [4.78, 5) is 12.2. The van der Waals surface area contributed by atoms with Crippen LogP contribution in [0.3, 0.4) is 0 Å². The summed E-state index contributed by atoms with van der Waals surface area (Å²) in [6.45, 7) is 6.56. The van der Waals surface area contributed by atoms with Gasteiger partial charge >= 0.3 is 0 Å². The van der Waals surface area contributed by atoms with Crippen LogP contribution in [-0.2, 0) is 14.9 Å². The van der Waals surface area contributed by atoms with Gasteiger partial charge in [-0.25, -0.2) is 0 Å². The molecule has 11 atom stereocenters. The lowest BCUT2D eigenvalue weighted by Crippen LogP contribution is -2.62. The van der Waals surface area contributed by atoms with Crippen LogP contribution in [0, 0.1) is 46.3 Å². The van der Waals surface area contributed by atoms with Gasteiger partial charge in [-0.05, 0) is 97.7 Å². The summed E-state index contributed by atoms with van der Waals surface area (Å²) in [7, 11) is -4.10. The van der Waals surface area contributed by atoms with Crippen molar-refractivity contribution >= 4 is 16.0 Å². The van der Waals surface area contributed by atoms with Crippen LogP contribution in [0.15, 0.2) is 0 Å². The normalized spacial score (nSPS) is 46.3. The second-order valence-electron chi connectivity index (χ2n) is 12.7. The fraction of sp³-hybridized carbons (Fsp3) is 0.962. The maximum Gasteiger partial charge on any atom is 0.266 e. The molecule has 4 rings (SSSR count). The molecule has 0 radical (unpaired) electrons. The molecule has 4 fully saturated rings. The number of aliphatic hydroxyl groups is 3. The van der Waals surface area contributed by atoms with Crippen molar-refractivity contribution in [1.29, 1.82) is 0 Å². The van der Waals surface area contributed by atoms with Crippen LogP contribution >= 0.6 is 0 Å². The molecule has 35 heavy (non-hydrogen) atoms. The number of hydrogen-bond acceptors (Lipinski definition) is 6. The van der Waals surface area contributed by atoms with Crippen LogP contribution < -0.4 is 5.32 Å². The molecule has 0 aromatic heterocycles. The standard InChI is InChI=1S/C26H45NO7S/c1-15(4-7-23(31)27-10-11-35(32,33)34)18-5-6-19-24-20(14-22(30)26(18,19)3)25(2)9-8-17(28)12-16(25)13-21(24)29/h15-22,24,28-30H,4-14H2,1-3H3,(H,27,31)(H,32,33,34)/t15-,16+,17-,18-,19+,20+,21-,22+,24+,25+,26-/m1/s1/i27+1. The van der Waals surface area contributed by atoms with E-state index in [2.05, 4.69) is 26.1 Å². The Kier molecular flexibility index (Phi) is 7.69. The second-order valence-corrected chi connectivity index (χ2v) is 14.2. The number of rotatable bonds is 7. The average molecular weight is 517 g/mol. The van der Waals surface area contributed by atoms with Crippen molar-refractivity contribution in [3.8, 4) is 0 Å². The summed E-state index contributed by atoms with van der Waals surface area (Å²) in [5, 5.41) is 35.8. The second kappa shape index (κ2) is 9.86. The highest BCUT2D eigenvalue weighted by molar-refractivity contribution is 7.85. The smallest absolute Gasteiger partial charge is 0.266 e. The zero-order valence-corrected chi connectivity index (χ0v) is 22.2. The van der Waals surface area contributed by atoms with E-state index in [0.29, 0.717) is 18.8 Å². The van der Waals surface area contributed by atoms with Crippen molar-refractivity contribution in [3.63, 3.8) is 0 Å². The minimum atomic E-state index is -4.10. The van der Waals surface area contributed by atoms with Crippen molar-refractivity contribution in [2.24, 2.45) is 46.3 Å². The van der Waals surface area contributed by atoms with Gasteiger partial charge in [0.1, 0.15) is 0 Å². The largest absolute Gasteiger partial charge is 0.393 e. The van der Waals surface area contributed by atoms with Gasteiger partial charge in [-0.2, -0.15) is 8.42 Å². The van der Waals surface area contributed by atoms with E-state index < -0.39 is 28.1 Å². The maximum absolute atomic E-state index is 12.2. The highest BCUT2D eigenvalue weighted by atomic mass is 32.2. The van der Waals surface area contributed by atoms with Crippen LogP contribution in [0.5, 0.6) is 0 Å². The van der Waals surface area contributed by atoms with Gasteiger partial charge in [0.05, 0.1) is 24.1 Å². The summed E-state index contributed by atoms with van der Waals surface area (Å²) in [5.74, 6) is 0.705. The monoisotopic (exact) mass is 516 g/mol. The van der Waals surface area contributed by atoms with Crippen molar-refractivity contribution in [1.82, 2.24) is 5.32 Å². The lowest BCUT2D eigenvalue weighted by molar-refractivity contribution is -0.207. The van der Waals surface area contributed by atoms with Crippen molar-refractivity contribution < 1.29 is 33.1 Å². The van der Waals surface area contributed by atoms with Crippen LogP contribution in [0.4, 0.5) is 0 Å². The molecule has 4 saturated carbocycles. The Hall–Kier alpha value is -0.740. The van der Waals surface area contributed by atoms with E-state index in [9.17, 15) is 28.5 Å². The first kappa shape index (κ1) is 27.3. The first-order chi connectivity index (χ1) is 16.3. The molecule has 0 aromatic rings. The molecule has 0 spiro atoms. The summed E-state index contributed by atoms with van der Waals surface area (Å²) in [6.07, 6.45) is 5.67. The molecular formula is C26H45NO7S. The topological polar surface area (TPSA) is 144 Å². The molecule has 0 heterocycles. The molecule has 1 amide bonds. The van der Waals surface area contributed by atoms with Crippen molar-refractivity contribution in [2.75, 3.05) is 12.3 Å². The summed E-state index contributed by atoms with van der Waals surface area (Å²) >= 11 is 0.